The van der Waals surface area contributed by atoms with Crippen LogP contribution in [0.4, 0.5) is 0 Å². The molecule has 2 unspecified atom stereocenters. The highest BCUT2D eigenvalue weighted by Crippen LogP contribution is 2.59. The third kappa shape index (κ3) is 3.33. The van der Waals surface area contributed by atoms with Crippen LogP contribution in [0.15, 0.2) is 12.4 Å². The number of imidazole rings is 1. The van der Waals surface area contributed by atoms with E-state index in [-0.39, 0.29) is 23.7 Å². The van der Waals surface area contributed by atoms with Crippen molar-refractivity contribution in [3.05, 3.63) is 18.2 Å². The van der Waals surface area contributed by atoms with E-state index < -0.39 is 0 Å². The first-order chi connectivity index (χ1) is 11.5. The second-order valence-electron chi connectivity index (χ2n) is 8.67. The molecule has 3 fully saturated rings. The predicted molar refractivity (Wildman–Crippen MR) is 101 cm³/mol. The fraction of sp³-hybridized carbons (Fsp3) is 0.789. The standard InChI is InChI=1S/C19H30N4O.ClH/c1-4-22-10-9-21-16(22)13-23(17(24)14-11-18(14,2)3)15-12-19(15)5-7-20-8-6-19;/h9-10,14-15,20H,4-8,11-13H2,1-3H3;1H. The Bertz CT molecular complexity index is 635. The minimum absolute atomic E-state index is 0. The van der Waals surface area contributed by atoms with Crippen LogP contribution in [-0.2, 0) is 17.9 Å². The van der Waals surface area contributed by atoms with Gasteiger partial charge in [0.1, 0.15) is 5.82 Å². The molecule has 3 aliphatic rings. The zero-order valence-electron chi connectivity index (χ0n) is 15.6. The van der Waals surface area contributed by atoms with Crippen LogP contribution in [0.5, 0.6) is 0 Å². The summed E-state index contributed by atoms with van der Waals surface area (Å²) < 4.78 is 2.16. The number of hydrogen-bond donors (Lipinski definition) is 1. The first-order valence-corrected chi connectivity index (χ1v) is 9.48. The van der Waals surface area contributed by atoms with Gasteiger partial charge in [0.15, 0.2) is 0 Å². The summed E-state index contributed by atoms with van der Waals surface area (Å²) in [5.74, 6) is 1.60. The predicted octanol–water partition coefficient (Wildman–Crippen LogP) is 2.84. The van der Waals surface area contributed by atoms with E-state index in [9.17, 15) is 4.79 Å². The number of amides is 1. The van der Waals surface area contributed by atoms with Gasteiger partial charge < -0.3 is 14.8 Å². The number of carbonyl (C=O) groups excluding carboxylic acids is 1. The van der Waals surface area contributed by atoms with Crippen LogP contribution in [0.1, 0.15) is 52.3 Å². The average molecular weight is 367 g/mol. The summed E-state index contributed by atoms with van der Waals surface area (Å²) in [6, 6.07) is 0.422. The number of halogens is 1. The van der Waals surface area contributed by atoms with Gasteiger partial charge in [0.05, 0.1) is 6.54 Å². The first-order valence-electron chi connectivity index (χ1n) is 9.48. The Labute approximate surface area is 157 Å². The molecule has 25 heavy (non-hydrogen) atoms. The smallest absolute Gasteiger partial charge is 0.226 e. The largest absolute Gasteiger partial charge is 0.334 e. The molecular formula is C19H31ClN4O. The highest BCUT2D eigenvalue weighted by molar-refractivity contribution is 5.85. The molecule has 2 atom stereocenters. The van der Waals surface area contributed by atoms with Crippen LogP contribution < -0.4 is 5.32 Å². The van der Waals surface area contributed by atoms with Crippen LogP contribution in [0.3, 0.4) is 0 Å². The first kappa shape index (κ1) is 18.7. The van der Waals surface area contributed by atoms with Crippen LogP contribution in [0.25, 0.3) is 0 Å². The maximum Gasteiger partial charge on any atom is 0.226 e. The van der Waals surface area contributed by atoms with E-state index in [1.165, 1.54) is 19.3 Å². The molecule has 140 valence electrons. The third-order valence-corrected chi connectivity index (χ3v) is 6.67. The summed E-state index contributed by atoms with van der Waals surface area (Å²) in [5.41, 5.74) is 0.565. The van der Waals surface area contributed by atoms with Crippen LogP contribution in [0, 0.1) is 16.7 Å². The molecule has 1 saturated heterocycles. The van der Waals surface area contributed by atoms with Crippen LogP contribution >= 0.6 is 12.4 Å². The number of rotatable bonds is 5. The summed E-state index contributed by atoms with van der Waals surface area (Å²) in [5, 5.41) is 3.46. The average Bonchev–Trinajstić information content (AvgIpc) is 3.35. The Morgan fingerprint density at radius 3 is 2.64 bits per heavy atom. The Morgan fingerprint density at radius 2 is 2.04 bits per heavy atom. The van der Waals surface area contributed by atoms with Crippen molar-refractivity contribution < 1.29 is 4.79 Å². The second kappa shape index (κ2) is 6.58. The van der Waals surface area contributed by atoms with Crippen molar-refractivity contribution in [2.45, 2.75) is 65.6 Å². The molecule has 1 aromatic heterocycles. The van der Waals surface area contributed by atoms with Crippen molar-refractivity contribution in [1.29, 1.82) is 0 Å². The van der Waals surface area contributed by atoms with E-state index in [2.05, 4.69) is 40.5 Å². The molecule has 1 N–H and O–H groups in total. The minimum Gasteiger partial charge on any atom is -0.334 e. The Morgan fingerprint density at radius 1 is 1.36 bits per heavy atom. The fourth-order valence-corrected chi connectivity index (χ4v) is 4.59. The summed E-state index contributed by atoms with van der Waals surface area (Å²) in [4.78, 5) is 19.9. The highest BCUT2D eigenvalue weighted by Gasteiger charge is 2.61. The summed E-state index contributed by atoms with van der Waals surface area (Å²) >= 11 is 0. The Kier molecular flexibility index (Phi) is 4.93. The fourth-order valence-electron chi connectivity index (χ4n) is 4.59. The van der Waals surface area contributed by atoms with Crippen molar-refractivity contribution >= 4 is 18.3 Å². The van der Waals surface area contributed by atoms with Gasteiger partial charge in [0.2, 0.25) is 5.91 Å². The van der Waals surface area contributed by atoms with Gasteiger partial charge in [0, 0.05) is 30.9 Å². The number of piperidine rings is 1. The lowest BCUT2D eigenvalue weighted by molar-refractivity contribution is -0.135. The van der Waals surface area contributed by atoms with Gasteiger partial charge in [-0.3, -0.25) is 4.79 Å². The van der Waals surface area contributed by atoms with Crippen molar-refractivity contribution in [3.63, 3.8) is 0 Å². The minimum atomic E-state index is 0. The van der Waals surface area contributed by atoms with E-state index in [0.29, 0.717) is 23.9 Å². The quantitative estimate of drug-likeness (QED) is 0.871. The highest BCUT2D eigenvalue weighted by atomic mass is 35.5. The van der Waals surface area contributed by atoms with Crippen LogP contribution in [-0.4, -0.2) is 39.5 Å². The van der Waals surface area contributed by atoms with E-state index in [0.717, 1.165) is 31.9 Å². The molecule has 0 aromatic carbocycles. The number of nitrogens with zero attached hydrogens (tertiary/aromatic N) is 3. The molecule has 1 spiro atoms. The topological polar surface area (TPSA) is 50.2 Å². The van der Waals surface area contributed by atoms with Gasteiger partial charge in [0.25, 0.3) is 0 Å². The molecule has 5 nitrogen and oxygen atoms in total. The third-order valence-electron chi connectivity index (χ3n) is 6.67. The van der Waals surface area contributed by atoms with Gasteiger partial charge in [-0.2, -0.15) is 0 Å². The van der Waals surface area contributed by atoms with E-state index in [1.807, 2.05) is 12.4 Å². The van der Waals surface area contributed by atoms with Crippen LogP contribution in [0.2, 0.25) is 0 Å². The van der Waals surface area contributed by atoms with Gasteiger partial charge in [-0.25, -0.2) is 4.98 Å². The lowest BCUT2D eigenvalue weighted by Gasteiger charge is -2.30. The van der Waals surface area contributed by atoms with E-state index in [1.54, 1.807) is 0 Å². The molecular weight excluding hydrogens is 336 g/mol. The number of carbonyl (C=O) groups is 1. The zero-order valence-corrected chi connectivity index (χ0v) is 16.4. The van der Waals surface area contributed by atoms with Gasteiger partial charge >= 0.3 is 0 Å². The van der Waals surface area contributed by atoms with Crippen molar-refractivity contribution in [3.8, 4) is 0 Å². The summed E-state index contributed by atoms with van der Waals surface area (Å²) in [6.45, 7) is 10.3. The van der Waals surface area contributed by atoms with E-state index >= 15 is 0 Å². The second-order valence-corrected chi connectivity index (χ2v) is 8.67. The van der Waals surface area contributed by atoms with Crippen molar-refractivity contribution in [2.24, 2.45) is 16.7 Å². The lowest BCUT2D eigenvalue weighted by atomic mass is 9.93. The SMILES string of the molecule is CCn1ccnc1CN(C(=O)C1CC1(C)C)C1CC12CCNCC2.Cl. The maximum atomic E-state index is 13.2. The van der Waals surface area contributed by atoms with Crippen molar-refractivity contribution in [1.82, 2.24) is 19.8 Å². The van der Waals surface area contributed by atoms with Crippen molar-refractivity contribution in [2.75, 3.05) is 13.1 Å². The van der Waals surface area contributed by atoms with Gasteiger partial charge in [-0.05, 0) is 56.5 Å². The molecule has 1 aliphatic heterocycles. The molecule has 1 amide bonds. The molecule has 0 radical (unpaired) electrons. The maximum absolute atomic E-state index is 13.2. The molecule has 0 bridgehead atoms. The lowest BCUT2D eigenvalue weighted by Crippen LogP contribution is -2.40. The van der Waals surface area contributed by atoms with Gasteiger partial charge in [-0.1, -0.05) is 13.8 Å². The molecule has 1 aromatic rings. The number of aromatic nitrogens is 2. The normalized spacial score (nSPS) is 28.3. The monoisotopic (exact) mass is 366 g/mol. The summed E-state index contributed by atoms with van der Waals surface area (Å²) in [6.07, 6.45) is 8.50. The van der Waals surface area contributed by atoms with Gasteiger partial charge in [-0.15, -0.1) is 12.4 Å². The molecule has 2 heterocycles. The number of hydrogen-bond acceptors (Lipinski definition) is 3. The van der Waals surface area contributed by atoms with E-state index in [4.69, 9.17) is 0 Å². The number of nitrogens with one attached hydrogen (secondary N) is 1. The summed E-state index contributed by atoms with van der Waals surface area (Å²) in [7, 11) is 0. The zero-order chi connectivity index (χ0) is 16.9. The molecule has 2 aliphatic carbocycles. The Hall–Kier alpha value is -1.07. The molecule has 6 heteroatoms. The number of aryl methyl sites for hydroxylation is 1. The molecule has 4 rings (SSSR count). The molecule has 2 saturated carbocycles. The Balaban J connectivity index is 0.00000182.